The van der Waals surface area contributed by atoms with Gasteiger partial charge in [0.05, 0.1) is 6.54 Å². The quantitative estimate of drug-likeness (QED) is 0.859. The number of carbonyl (C=O) groups is 1. The van der Waals surface area contributed by atoms with Crippen LogP contribution in [-0.2, 0) is 4.79 Å². The first-order valence-corrected chi connectivity index (χ1v) is 7.27. The summed E-state index contributed by atoms with van der Waals surface area (Å²) in [5, 5.41) is 7.19. The highest BCUT2D eigenvalue weighted by Gasteiger charge is 2.05. The fraction of sp³-hybridized carbons (Fsp3) is 0.188. The molecule has 0 bridgehead atoms. The number of anilines is 2. The topological polar surface area (TPSA) is 41.1 Å². The lowest BCUT2D eigenvalue weighted by Crippen LogP contribution is -2.22. The van der Waals surface area contributed by atoms with Gasteiger partial charge in [0.1, 0.15) is 0 Å². The van der Waals surface area contributed by atoms with E-state index < -0.39 is 0 Å². The standard InChI is InChI=1S/C16H16Cl2N2O/c1-10-3-5-13(8-14(10)18)20-16(21)9-19-15-6-4-12(17)7-11(15)2/h3-8,19H,9H2,1-2H3,(H,20,21). The molecule has 0 aliphatic rings. The summed E-state index contributed by atoms with van der Waals surface area (Å²) >= 11 is 11.9. The Bertz CT molecular complexity index is 671. The number of aryl methyl sites for hydroxylation is 2. The van der Waals surface area contributed by atoms with Gasteiger partial charge in [-0.15, -0.1) is 0 Å². The van der Waals surface area contributed by atoms with E-state index in [4.69, 9.17) is 23.2 Å². The zero-order chi connectivity index (χ0) is 15.4. The molecule has 0 spiro atoms. The number of nitrogens with one attached hydrogen (secondary N) is 2. The molecule has 2 aromatic rings. The molecule has 0 fully saturated rings. The number of carbonyl (C=O) groups excluding carboxylic acids is 1. The monoisotopic (exact) mass is 322 g/mol. The van der Waals surface area contributed by atoms with Crippen LogP contribution in [-0.4, -0.2) is 12.5 Å². The highest BCUT2D eigenvalue weighted by Crippen LogP contribution is 2.21. The molecular weight excluding hydrogens is 307 g/mol. The fourth-order valence-electron chi connectivity index (χ4n) is 1.88. The SMILES string of the molecule is Cc1ccc(NC(=O)CNc2ccc(Cl)cc2C)cc1Cl. The Morgan fingerprint density at radius 3 is 2.48 bits per heavy atom. The Hall–Kier alpha value is -1.71. The summed E-state index contributed by atoms with van der Waals surface area (Å²) in [4.78, 5) is 11.9. The van der Waals surface area contributed by atoms with Crippen LogP contribution in [0, 0.1) is 13.8 Å². The minimum atomic E-state index is -0.135. The van der Waals surface area contributed by atoms with Gasteiger partial charge >= 0.3 is 0 Å². The Labute approximate surface area is 134 Å². The molecule has 0 aromatic heterocycles. The van der Waals surface area contributed by atoms with Gasteiger partial charge in [0.2, 0.25) is 5.91 Å². The summed E-state index contributed by atoms with van der Waals surface area (Å²) in [5.41, 5.74) is 3.54. The molecule has 0 radical (unpaired) electrons. The van der Waals surface area contributed by atoms with Crippen LogP contribution >= 0.6 is 23.2 Å². The number of hydrogen-bond acceptors (Lipinski definition) is 2. The zero-order valence-corrected chi connectivity index (χ0v) is 13.3. The average Bonchev–Trinajstić information content (AvgIpc) is 2.42. The second kappa shape index (κ2) is 6.83. The zero-order valence-electron chi connectivity index (χ0n) is 11.8. The Morgan fingerprint density at radius 2 is 1.81 bits per heavy atom. The largest absolute Gasteiger partial charge is 0.376 e. The minimum Gasteiger partial charge on any atom is -0.376 e. The lowest BCUT2D eigenvalue weighted by atomic mass is 10.2. The molecule has 0 aliphatic heterocycles. The Kier molecular flexibility index (Phi) is 5.10. The lowest BCUT2D eigenvalue weighted by Gasteiger charge is -2.11. The summed E-state index contributed by atoms with van der Waals surface area (Å²) in [6.07, 6.45) is 0. The van der Waals surface area contributed by atoms with Gasteiger partial charge in [-0.3, -0.25) is 4.79 Å². The van der Waals surface area contributed by atoms with E-state index in [0.29, 0.717) is 15.7 Å². The molecule has 2 N–H and O–H groups in total. The predicted molar refractivity (Wildman–Crippen MR) is 89.5 cm³/mol. The molecule has 1 amide bonds. The van der Waals surface area contributed by atoms with Crippen LogP contribution in [0.15, 0.2) is 36.4 Å². The van der Waals surface area contributed by atoms with Crippen LogP contribution in [0.1, 0.15) is 11.1 Å². The first-order chi connectivity index (χ1) is 9.95. The molecule has 0 saturated heterocycles. The molecular formula is C16H16Cl2N2O. The number of halogens is 2. The lowest BCUT2D eigenvalue weighted by molar-refractivity contribution is -0.114. The molecule has 0 atom stereocenters. The number of hydrogen-bond donors (Lipinski definition) is 2. The normalized spacial score (nSPS) is 10.3. The second-order valence-electron chi connectivity index (χ2n) is 4.82. The molecule has 110 valence electrons. The first kappa shape index (κ1) is 15.7. The van der Waals surface area contributed by atoms with Crippen LogP contribution in [0.25, 0.3) is 0 Å². The van der Waals surface area contributed by atoms with Gasteiger partial charge in [-0.25, -0.2) is 0 Å². The van der Waals surface area contributed by atoms with Gasteiger partial charge in [-0.05, 0) is 55.3 Å². The Morgan fingerprint density at radius 1 is 1.05 bits per heavy atom. The van der Waals surface area contributed by atoms with E-state index in [1.165, 1.54) is 0 Å². The highest BCUT2D eigenvalue weighted by atomic mass is 35.5. The van der Waals surface area contributed by atoms with E-state index in [2.05, 4.69) is 10.6 Å². The van der Waals surface area contributed by atoms with Crippen molar-refractivity contribution in [3.63, 3.8) is 0 Å². The molecule has 0 unspecified atom stereocenters. The second-order valence-corrected chi connectivity index (χ2v) is 5.67. The smallest absolute Gasteiger partial charge is 0.243 e. The molecule has 2 rings (SSSR count). The summed E-state index contributed by atoms with van der Waals surface area (Å²) < 4.78 is 0. The molecule has 5 heteroatoms. The number of amides is 1. The van der Waals surface area contributed by atoms with Crippen LogP contribution in [0.5, 0.6) is 0 Å². The molecule has 0 heterocycles. The van der Waals surface area contributed by atoms with Crippen molar-refractivity contribution < 1.29 is 4.79 Å². The van der Waals surface area contributed by atoms with Gasteiger partial charge in [0.25, 0.3) is 0 Å². The summed E-state index contributed by atoms with van der Waals surface area (Å²) in [6.45, 7) is 4.03. The van der Waals surface area contributed by atoms with Crippen molar-refractivity contribution in [1.82, 2.24) is 0 Å². The van der Waals surface area contributed by atoms with Crippen molar-refractivity contribution >= 4 is 40.5 Å². The van der Waals surface area contributed by atoms with Gasteiger partial charge in [0, 0.05) is 21.4 Å². The maximum absolute atomic E-state index is 11.9. The maximum Gasteiger partial charge on any atom is 0.243 e. The van der Waals surface area contributed by atoms with Gasteiger partial charge in [-0.1, -0.05) is 29.3 Å². The average molecular weight is 323 g/mol. The van der Waals surface area contributed by atoms with Crippen molar-refractivity contribution in [1.29, 1.82) is 0 Å². The highest BCUT2D eigenvalue weighted by molar-refractivity contribution is 6.31. The number of rotatable bonds is 4. The van der Waals surface area contributed by atoms with Crippen LogP contribution in [0.2, 0.25) is 10.0 Å². The third-order valence-corrected chi connectivity index (χ3v) is 3.73. The van der Waals surface area contributed by atoms with E-state index in [-0.39, 0.29) is 12.5 Å². The molecule has 0 aliphatic carbocycles. The summed E-state index contributed by atoms with van der Waals surface area (Å²) in [7, 11) is 0. The third-order valence-electron chi connectivity index (χ3n) is 3.08. The van der Waals surface area contributed by atoms with Crippen molar-refractivity contribution in [2.45, 2.75) is 13.8 Å². The van der Waals surface area contributed by atoms with Gasteiger partial charge in [-0.2, -0.15) is 0 Å². The van der Waals surface area contributed by atoms with Crippen molar-refractivity contribution in [3.05, 3.63) is 57.6 Å². The first-order valence-electron chi connectivity index (χ1n) is 6.52. The van der Waals surface area contributed by atoms with Crippen LogP contribution < -0.4 is 10.6 Å². The molecule has 2 aromatic carbocycles. The van der Waals surface area contributed by atoms with Crippen molar-refractivity contribution in [3.8, 4) is 0 Å². The van der Waals surface area contributed by atoms with Crippen molar-refractivity contribution in [2.75, 3.05) is 17.2 Å². The van der Waals surface area contributed by atoms with Crippen molar-refractivity contribution in [2.24, 2.45) is 0 Å². The van der Waals surface area contributed by atoms with Gasteiger partial charge < -0.3 is 10.6 Å². The maximum atomic E-state index is 11.9. The van der Waals surface area contributed by atoms with Crippen LogP contribution in [0.3, 0.4) is 0 Å². The summed E-state index contributed by atoms with van der Waals surface area (Å²) in [6, 6.07) is 10.9. The Balaban J connectivity index is 1.94. The summed E-state index contributed by atoms with van der Waals surface area (Å²) in [5.74, 6) is -0.135. The van der Waals surface area contributed by atoms with E-state index in [0.717, 1.165) is 16.8 Å². The predicted octanol–water partition coefficient (Wildman–Crippen LogP) is 4.66. The van der Waals surface area contributed by atoms with E-state index >= 15 is 0 Å². The number of benzene rings is 2. The molecule has 21 heavy (non-hydrogen) atoms. The molecule has 0 saturated carbocycles. The van der Waals surface area contributed by atoms with E-state index in [9.17, 15) is 4.79 Å². The van der Waals surface area contributed by atoms with Crippen LogP contribution in [0.4, 0.5) is 11.4 Å². The fourth-order valence-corrected chi connectivity index (χ4v) is 2.28. The minimum absolute atomic E-state index is 0.135. The van der Waals surface area contributed by atoms with Gasteiger partial charge in [0.15, 0.2) is 0 Å². The third kappa shape index (κ3) is 4.38. The van der Waals surface area contributed by atoms with E-state index in [1.807, 2.05) is 38.1 Å². The molecule has 3 nitrogen and oxygen atoms in total. The van der Waals surface area contributed by atoms with E-state index in [1.54, 1.807) is 12.1 Å².